The number of fused-ring (bicyclic) bond motifs is 1. The molecule has 0 unspecified atom stereocenters. The average molecular weight is 246 g/mol. The first-order chi connectivity index (χ1) is 8.31. The molecule has 0 atom stereocenters. The number of rotatable bonds is 3. The van der Waals surface area contributed by atoms with Gasteiger partial charge in [0.2, 0.25) is 5.89 Å². The van der Waals surface area contributed by atoms with Crippen LogP contribution in [-0.2, 0) is 5.75 Å². The zero-order chi connectivity index (χ0) is 11.7. The molecule has 0 spiro atoms. The van der Waals surface area contributed by atoms with Gasteiger partial charge in [-0.05, 0) is 19.1 Å². The molecule has 6 heteroatoms. The number of nitrogens with one attached hydrogen (secondary N) is 1. The monoisotopic (exact) mass is 246 g/mol. The molecule has 3 rings (SSSR count). The molecule has 5 nitrogen and oxygen atoms in total. The summed E-state index contributed by atoms with van der Waals surface area (Å²) in [6.45, 7) is 1.80. The Kier molecular flexibility index (Phi) is 2.56. The van der Waals surface area contributed by atoms with Crippen LogP contribution in [0.2, 0.25) is 0 Å². The van der Waals surface area contributed by atoms with E-state index in [0.29, 0.717) is 17.5 Å². The quantitative estimate of drug-likeness (QED) is 0.719. The molecule has 0 radical (unpaired) electrons. The number of aromatic nitrogens is 4. The number of hydrogen-bond donors (Lipinski definition) is 1. The van der Waals surface area contributed by atoms with E-state index in [1.165, 1.54) is 0 Å². The normalized spacial score (nSPS) is 11.1. The van der Waals surface area contributed by atoms with Gasteiger partial charge in [0.05, 0.1) is 16.8 Å². The van der Waals surface area contributed by atoms with Crippen molar-refractivity contribution in [3.63, 3.8) is 0 Å². The zero-order valence-corrected chi connectivity index (χ0v) is 9.99. The van der Waals surface area contributed by atoms with E-state index in [1.807, 2.05) is 24.3 Å². The molecule has 0 saturated carbocycles. The highest BCUT2D eigenvalue weighted by Gasteiger charge is 2.06. The summed E-state index contributed by atoms with van der Waals surface area (Å²) in [4.78, 5) is 11.8. The minimum absolute atomic E-state index is 0.618. The first kappa shape index (κ1) is 10.3. The molecule has 0 saturated heterocycles. The number of aromatic amines is 1. The Morgan fingerprint density at radius 2 is 2.18 bits per heavy atom. The summed E-state index contributed by atoms with van der Waals surface area (Å²) in [7, 11) is 0. The zero-order valence-electron chi connectivity index (χ0n) is 9.17. The van der Waals surface area contributed by atoms with E-state index in [-0.39, 0.29) is 0 Å². The van der Waals surface area contributed by atoms with Gasteiger partial charge >= 0.3 is 0 Å². The molecule has 3 aromatic rings. The molecule has 0 bridgehead atoms. The highest BCUT2D eigenvalue weighted by atomic mass is 32.2. The van der Waals surface area contributed by atoms with Gasteiger partial charge in [0, 0.05) is 0 Å². The van der Waals surface area contributed by atoms with Crippen LogP contribution in [0.5, 0.6) is 0 Å². The third-order valence-corrected chi connectivity index (χ3v) is 3.13. The lowest BCUT2D eigenvalue weighted by Gasteiger charge is -1.90. The van der Waals surface area contributed by atoms with Crippen LogP contribution in [-0.4, -0.2) is 20.1 Å². The summed E-state index contributed by atoms with van der Waals surface area (Å²) in [6.07, 6.45) is 0. The highest BCUT2D eigenvalue weighted by molar-refractivity contribution is 7.98. The van der Waals surface area contributed by atoms with Crippen molar-refractivity contribution in [2.45, 2.75) is 17.8 Å². The molecular formula is C11H10N4OS. The van der Waals surface area contributed by atoms with Crippen LogP contribution in [0.15, 0.2) is 33.9 Å². The molecule has 1 aromatic carbocycles. The smallest absolute Gasteiger partial charge is 0.237 e. The second-order valence-electron chi connectivity index (χ2n) is 3.58. The van der Waals surface area contributed by atoms with Crippen LogP contribution in [0, 0.1) is 6.92 Å². The molecule has 17 heavy (non-hydrogen) atoms. The number of H-pyrrole nitrogens is 1. The van der Waals surface area contributed by atoms with Crippen LogP contribution in [0.1, 0.15) is 11.7 Å². The van der Waals surface area contributed by atoms with E-state index in [4.69, 9.17) is 4.52 Å². The number of para-hydroxylation sites is 2. The van der Waals surface area contributed by atoms with Crippen molar-refractivity contribution < 1.29 is 4.52 Å². The Bertz CT molecular complexity index is 613. The summed E-state index contributed by atoms with van der Waals surface area (Å²) in [5.41, 5.74) is 2.01. The maximum Gasteiger partial charge on any atom is 0.237 e. The van der Waals surface area contributed by atoms with Crippen molar-refractivity contribution in [3.8, 4) is 0 Å². The fraction of sp³-hybridized carbons (Fsp3) is 0.182. The van der Waals surface area contributed by atoms with E-state index in [2.05, 4.69) is 20.1 Å². The van der Waals surface area contributed by atoms with E-state index < -0.39 is 0 Å². The lowest BCUT2D eigenvalue weighted by atomic mass is 10.3. The highest BCUT2D eigenvalue weighted by Crippen LogP contribution is 2.22. The third kappa shape index (κ3) is 2.16. The summed E-state index contributed by atoms with van der Waals surface area (Å²) in [5, 5.41) is 4.60. The van der Waals surface area contributed by atoms with Crippen molar-refractivity contribution in [1.82, 2.24) is 20.1 Å². The van der Waals surface area contributed by atoms with Crippen molar-refractivity contribution in [3.05, 3.63) is 36.0 Å². The third-order valence-electron chi connectivity index (χ3n) is 2.27. The van der Waals surface area contributed by atoms with E-state index >= 15 is 0 Å². The molecule has 1 N–H and O–H groups in total. The molecule has 0 aliphatic carbocycles. The first-order valence-electron chi connectivity index (χ1n) is 5.18. The Morgan fingerprint density at radius 3 is 2.94 bits per heavy atom. The fourth-order valence-electron chi connectivity index (χ4n) is 1.53. The number of thioether (sulfide) groups is 1. The predicted octanol–water partition coefficient (Wildman–Crippen LogP) is 2.55. The van der Waals surface area contributed by atoms with E-state index in [9.17, 15) is 0 Å². The van der Waals surface area contributed by atoms with Crippen LogP contribution < -0.4 is 0 Å². The Morgan fingerprint density at radius 1 is 1.29 bits per heavy atom. The SMILES string of the molecule is Cc1noc(CSc2nc3ccccc3[nH]2)n1. The maximum absolute atomic E-state index is 5.04. The number of nitrogens with zero attached hydrogens (tertiary/aromatic N) is 3. The largest absolute Gasteiger partial charge is 0.338 e. The number of benzene rings is 1. The average Bonchev–Trinajstić information content (AvgIpc) is 2.91. The van der Waals surface area contributed by atoms with Crippen molar-refractivity contribution in [1.29, 1.82) is 0 Å². The molecule has 2 aromatic heterocycles. The van der Waals surface area contributed by atoms with Crippen molar-refractivity contribution >= 4 is 22.8 Å². The van der Waals surface area contributed by atoms with Gasteiger partial charge in [-0.15, -0.1) is 0 Å². The molecular weight excluding hydrogens is 236 g/mol. The Hall–Kier alpha value is -1.82. The van der Waals surface area contributed by atoms with Gasteiger partial charge in [-0.1, -0.05) is 29.1 Å². The van der Waals surface area contributed by atoms with Gasteiger partial charge in [0.1, 0.15) is 0 Å². The van der Waals surface area contributed by atoms with Gasteiger partial charge in [-0.2, -0.15) is 4.98 Å². The fourth-order valence-corrected chi connectivity index (χ4v) is 2.25. The number of aryl methyl sites for hydroxylation is 1. The first-order valence-corrected chi connectivity index (χ1v) is 6.16. The van der Waals surface area contributed by atoms with E-state index in [0.717, 1.165) is 16.2 Å². The Labute approximate surface area is 102 Å². The summed E-state index contributed by atoms with van der Waals surface area (Å²) >= 11 is 1.55. The minimum Gasteiger partial charge on any atom is -0.338 e. The van der Waals surface area contributed by atoms with Crippen LogP contribution in [0.25, 0.3) is 11.0 Å². The Balaban J connectivity index is 1.76. The van der Waals surface area contributed by atoms with Gasteiger partial charge in [-0.3, -0.25) is 0 Å². The van der Waals surface area contributed by atoms with Crippen LogP contribution in [0.4, 0.5) is 0 Å². The molecule has 0 amide bonds. The number of hydrogen-bond acceptors (Lipinski definition) is 5. The summed E-state index contributed by atoms with van der Waals surface area (Å²) in [5.74, 6) is 1.90. The summed E-state index contributed by atoms with van der Waals surface area (Å²) in [6, 6.07) is 7.94. The van der Waals surface area contributed by atoms with Crippen LogP contribution in [0.3, 0.4) is 0 Å². The topological polar surface area (TPSA) is 67.6 Å². The second kappa shape index (κ2) is 4.21. The molecule has 86 valence electrons. The molecule has 2 heterocycles. The van der Waals surface area contributed by atoms with Gasteiger partial charge in [-0.25, -0.2) is 4.98 Å². The summed E-state index contributed by atoms with van der Waals surface area (Å²) < 4.78 is 5.04. The van der Waals surface area contributed by atoms with Crippen molar-refractivity contribution in [2.75, 3.05) is 0 Å². The molecule has 0 aliphatic heterocycles. The molecule has 0 fully saturated rings. The lowest BCUT2D eigenvalue weighted by molar-refractivity contribution is 0.387. The van der Waals surface area contributed by atoms with Gasteiger partial charge in [0.25, 0.3) is 0 Å². The van der Waals surface area contributed by atoms with Crippen molar-refractivity contribution in [2.24, 2.45) is 0 Å². The second-order valence-corrected chi connectivity index (χ2v) is 4.55. The molecule has 0 aliphatic rings. The minimum atomic E-state index is 0.618. The maximum atomic E-state index is 5.04. The lowest BCUT2D eigenvalue weighted by Crippen LogP contribution is -1.82. The van der Waals surface area contributed by atoms with E-state index in [1.54, 1.807) is 18.7 Å². The number of imidazole rings is 1. The van der Waals surface area contributed by atoms with Gasteiger partial charge in [0.15, 0.2) is 11.0 Å². The standard InChI is InChI=1S/C11H10N4OS/c1-7-12-10(16-15-7)6-17-11-13-8-4-2-3-5-9(8)14-11/h2-5H,6H2,1H3,(H,13,14). The van der Waals surface area contributed by atoms with Gasteiger partial charge < -0.3 is 9.51 Å². The van der Waals surface area contributed by atoms with Crippen LogP contribution >= 0.6 is 11.8 Å². The predicted molar refractivity (Wildman–Crippen MR) is 64.7 cm³/mol.